The van der Waals surface area contributed by atoms with Gasteiger partial charge in [0.25, 0.3) is 0 Å². The highest BCUT2D eigenvalue weighted by atomic mass is 32.2. The second-order valence-electron chi connectivity index (χ2n) is 6.16. The average molecular weight is 293 g/mol. The molecule has 1 aliphatic carbocycles. The Morgan fingerprint density at radius 1 is 1.15 bits per heavy atom. The highest BCUT2D eigenvalue weighted by molar-refractivity contribution is 7.91. The number of nitrogens with one attached hydrogen (secondary N) is 1. The SMILES string of the molecule is CCC1CCC(NC2CS(=O)(=O)c3ccccc32)CC1. The van der Waals surface area contributed by atoms with Crippen LogP contribution in [0.5, 0.6) is 0 Å². The Kier molecular flexibility index (Phi) is 3.87. The first-order chi connectivity index (χ1) is 9.60. The molecular weight excluding hydrogens is 270 g/mol. The second-order valence-corrected chi connectivity index (χ2v) is 8.17. The first-order valence-electron chi connectivity index (χ1n) is 7.68. The number of hydrogen-bond donors (Lipinski definition) is 1. The minimum atomic E-state index is -3.08. The van der Waals surface area contributed by atoms with Gasteiger partial charge >= 0.3 is 0 Å². The van der Waals surface area contributed by atoms with Crippen molar-refractivity contribution in [2.45, 2.75) is 56.0 Å². The van der Waals surface area contributed by atoms with Crippen molar-refractivity contribution in [2.24, 2.45) is 5.92 Å². The molecule has 1 saturated carbocycles. The van der Waals surface area contributed by atoms with Crippen molar-refractivity contribution < 1.29 is 8.42 Å². The van der Waals surface area contributed by atoms with Crippen LogP contribution in [0.1, 0.15) is 50.6 Å². The van der Waals surface area contributed by atoms with Gasteiger partial charge in [0.1, 0.15) is 0 Å². The Hall–Kier alpha value is -0.870. The summed E-state index contributed by atoms with van der Waals surface area (Å²) in [5.41, 5.74) is 0.963. The van der Waals surface area contributed by atoms with Gasteiger partial charge in [0.05, 0.1) is 10.6 Å². The fourth-order valence-electron chi connectivity index (χ4n) is 3.61. The lowest BCUT2D eigenvalue weighted by Gasteiger charge is -2.30. The molecule has 2 aliphatic rings. The van der Waals surface area contributed by atoms with Gasteiger partial charge in [-0.05, 0) is 43.2 Å². The molecule has 0 saturated heterocycles. The summed E-state index contributed by atoms with van der Waals surface area (Å²) in [6.45, 7) is 2.26. The van der Waals surface area contributed by atoms with E-state index < -0.39 is 9.84 Å². The molecule has 1 aliphatic heterocycles. The topological polar surface area (TPSA) is 46.2 Å². The fraction of sp³-hybridized carbons (Fsp3) is 0.625. The first-order valence-corrected chi connectivity index (χ1v) is 9.33. The molecule has 1 fully saturated rings. The minimum Gasteiger partial charge on any atom is -0.306 e. The summed E-state index contributed by atoms with van der Waals surface area (Å²) in [5.74, 6) is 1.09. The number of hydrogen-bond acceptors (Lipinski definition) is 3. The van der Waals surface area contributed by atoms with Gasteiger partial charge in [0.2, 0.25) is 0 Å². The van der Waals surface area contributed by atoms with Crippen LogP contribution < -0.4 is 5.32 Å². The predicted octanol–water partition coefficient (Wildman–Crippen LogP) is 3.07. The van der Waals surface area contributed by atoms with Crippen LogP contribution in [-0.2, 0) is 9.84 Å². The van der Waals surface area contributed by atoms with E-state index in [1.807, 2.05) is 18.2 Å². The quantitative estimate of drug-likeness (QED) is 0.931. The van der Waals surface area contributed by atoms with E-state index in [1.54, 1.807) is 6.07 Å². The lowest BCUT2D eigenvalue weighted by atomic mass is 9.84. The van der Waals surface area contributed by atoms with Crippen molar-refractivity contribution in [1.29, 1.82) is 0 Å². The summed E-state index contributed by atoms with van der Waals surface area (Å²) < 4.78 is 24.3. The van der Waals surface area contributed by atoms with Crippen LogP contribution in [0.25, 0.3) is 0 Å². The fourth-order valence-corrected chi connectivity index (χ4v) is 5.36. The van der Waals surface area contributed by atoms with Crippen LogP contribution in [0.3, 0.4) is 0 Å². The summed E-state index contributed by atoms with van der Waals surface area (Å²) in [6, 6.07) is 7.90. The van der Waals surface area contributed by atoms with Crippen molar-refractivity contribution in [3.8, 4) is 0 Å². The summed E-state index contributed by atoms with van der Waals surface area (Å²) in [5, 5.41) is 3.60. The molecule has 0 aromatic heterocycles. The third-order valence-electron chi connectivity index (χ3n) is 4.88. The molecule has 1 atom stereocenters. The standard InChI is InChI=1S/C16H23NO2S/c1-2-12-7-9-13(10-8-12)17-15-11-20(18,19)16-6-4-3-5-14(15)16/h3-6,12-13,15,17H,2,7-11H2,1H3. The number of rotatable bonds is 3. The summed E-state index contributed by atoms with van der Waals surface area (Å²) in [4.78, 5) is 0.528. The van der Waals surface area contributed by atoms with Crippen molar-refractivity contribution in [1.82, 2.24) is 5.32 Å². The molecule has 1 N–H and O–H groups in total. The molecule has 110 valence electrons. The molecule has 1 unspecified atom stereocenters. The van der Waals surface area contributed by atoms with Crippen LogP contribution in [0.4, 0.5) is 0 Å². The van der Waals surface area contributed by atoms with Gasteiger partial charge in [-0.2, -0.15) is 0 Å². The summed E-state index contributed by atoms with van der Waals surface area (Å²) in [6.07, 6.45) is 6.17. The molecule has 1 aromatic rings. The minimum absolute atomic E-state index is 0.0145. The third-order valence-corrected chi connectivity index (χ3v) is 6.69. The Morgan fingerprint density at radius 2 is 1.85 bits per heavy atom. The van der Waals surface area contributed by atoms with Gasteiger partial charge in [0.15, 0.2) is 9.84 Å². The number of sulfone groups is 1. The Bertz CT molecular complexity index is 574. The van der Waals surface area contributed by atoms with Gasteiger partial charge in [0, 0.05) is 12.1 Å². The van der Waals surface area contributed by atoms with Crippen molar-refractivity contribution in [3.63, 3.8) is 0 Å². The lowest BCUT2D eigenvalue weighted by molar-refractivity contribution is 0.274. The van der Waals surface area contributed by atoms with Crippen LogP contribution in [0.2, 0.25) is 0 Å². The Labute approximate surface area is 121 Å². The van der Waals surface area contributed by atoms with E-state index in [4.69, 9.17) is 0 Å². The molecule has 3 rings (SSSR count). The smallest absolute Gasteiger partial charge is 0.180 e. The molecule has 1 aromatic carbocycles. The van der Waals surface area contributed by atoms with Crippen LogP contribution in [-0.4, -0.2) is 20.2 Å². The molecule has 0 spiro atoms. The molecule has 0 bridgehead atoms. The van der Waals surface area contributed by atoms with E-state index in [0.29, 0.717) is 10.9 Å². The predicted molar refractivity (Wildman–Crippen MR) is 80.4 cm³/mol. The number of benzene rings is 1. The molecule has 1 heterocycles. The third kappa shape index (κ3) is 2.63. The summed E-state index contributed by atoms with van der Waals surface area (Å²) in [7, 11) is -3.08. The highest BCUT2D eigenvalue weighted by Crippen LogP contribution is 2.35. The van der Waals surface area contributed by atoms with Crippen molar-refractivity contribution in [2.75, 3.05) is 5.75 Å². The maximum Gasteiger partial charge on any atom is 0.180 e. The average Bonchev–Trinajstić information content (AvgIpc) is 2.72. The van der Waals surface area contributed by atoms with Gasteiger partial charge in [-0.3, -0.25) is 0 Å². The lowest BCUT2D eigenvalue weighted by Crippen LogP contribution is -2.36. The molecular formula is C16H23NO2S. The monoisotopic (exact) mass is 293 g/mol. The van der Waals surface area contributed by atoms with Crippen LogP contribution >= 0.6 is 0 Å². The maximum absolute atomic E-state index is 12.2. The van der Waals surface area contributed by atoms with Gasteiger partial charge < -0.3 is 5.32 Å². The van der Waals surface area contributed by atoms with Gasteiger partial charge in [-0.1, -0.05) is 31.5 Å². The molecule has 0 radical (unpaired) electrons. The first kappa shape index (κ1) is 14.1. The number of fused-ring (bicyclic) bond motifs is 1. The van der Waals surface area contributed by atoms with Gasteiger partial charge in [-0.25, -0.2) is 8.42 Å². The van der Waals surface area contributed by atoms with E-state index in [1.165, 1.54) is 32.1 Å². The second kappa shape index (κ2) is 5.49. The van der Waals surface area contributed by atoms with Gasteiger partial charge in [-0.15, -0.1) is 0 Å². The van der Waals surface area contributed by atoms with Crippen LogP contribution in [0, 0.1) is 5.92 Å². The van der Waals surface area contributed by atoms with E-state index in [9.17, 15) is 8.42 Å². The van der Waals surface area contributed by atoms with E-state index >= 15 is 0 Å². The Morgan fingerprint density at radius 3 is 2.55 bits per heavy atom. The zero-order chi connectivity index (χ0) is 14.2. The highest BCUT2D eigenvalue weighted by Gasteiger charge is 2.35. The zero-order valence-electron chi connectivity index (χ0n) is 12.0. The largest absolute Gasteiger partial charge is 0.306 e. The summed E-state index contributed by atoms with van der Waals surface area (Å²) >= 11 is 0. The Balaban J connectivity index is 1.71. The van der Waals surface area contributed by atoms with Crippen molar-refractivity contribution in [3.05, 3.63) is 29.8 Å². The van der Waals surface area contributed by atoms with Crippen molar-refractivity contribution >= 4 is 9.84 Å². The van der Waals surface area contributed by atoms with E-state index in [0.717, 1.165) is 11.5 Å². The van der Waals surface area contributed by atoms with E-state index in [-0.39, 0.29) is 11.8 Å². The van der Waals surface area contributed by atoms with Crippen LogP contribution in [0.15, 0.2) is 29.2 Å². The molecule has 0 amide bonds. The molecule has 3 nitrogen and oxygen atoms in total. The molecule has 4 heteroatoms. The normalized spacial score (nSPS) is 31.9. The maximum atomic E-state index is 12.2. The molecule has 20 heavy (non-hydrogen) atoms. The zero-order valence-corrected chi connectivity index (χ0v) is 12.8. The van der Waals surface area contributed by atoms with E-state index in [2.05, 4.69) is 12.2 Å².